The number of fused-ring (bicyclic) bond motifs is 2. The molecule has 1 atom stereocenters. The molecule has 0 bridgehead atoms. The molecule has 240 valence electrons. The number of rotatable bonds is 8. The van der Waals surface area contributed by atoms with Gasteiger partial charge in [-0.25, -0.2) is 27.6 Å². The minimum Gasteiger partial charge on any atom is -0.305 e. The lowest BCUT2D eigenvalue weighted by Gasteiger charge is -2.28. The van der Waals surface area contributed by atoms with Crippen molar-refractivity contribution in [1.29, 1.82) is 0 Å². The molecule has 3 aromatic heterocycles. The van der Waals surface area contributed by atoms with E-state index in [1.54, 1.807) is 55.7 Å². The molecule has 7 rings (SSSR count). The molecule has 0 spiro atoms. The SMILES string of the molecule is Cc1ncc(-c2ccc3c(c2)[nH]c(=O)n3CS(=O)(=O)N2CCCCC[C@H]2C(=O)Cc2cccc(-c3csc4ccccc34)c2F)cn1. The Hall–Kier alpha value is -4.52. The maximum atomic E-state index is 16.0. The Morgan fingerprint density at radius 2 is 1.81 bits per heavy atom. The second kappa shape index (κ2) is 12.6. The molecule has 1 N–H and O–H groups in total. The first-order valence-corrected chi connectivity index (χ1v) is 18.0. The number of thiophene rings is 1. The van der Waals surface area contributed by atoms with Crippen molar-refractivity contribution in [2.24, 2.45) is 0 Å². The van der Waals surface area contributed by atoms with Crippen molar-refractivity contribution >= 4 is 48.3 Å². The van der Waals surface area contributed by atoms with Gasteiger partial charge in [0.15, 0.2) is 5.78 Å². The Kier molecular flexibility index (Phi) is 8.33. The average Bonchev–Trinajstić information content (AvgIpc) is 3.50. The van der Waals surface area contributed by atoms with Crippen LogP contribution in [0.5, 0.6) is 0 Å². The lowest BCUT2D eigenvalue weighted by atomic mass is 9.96. The van der Waals surface area contributed by atoms with Crippen LogP contribution in [-0.4, -0.2) is 50.6 Å². The third kappa shape index (κ3) is 6.04. The second-order valence-electron chi connectivity index (χ2n) is 11.9. The van der Waals surface area contributed by atoms with E-state index in [1.165, 1.54) is 20.2 Å². The number of hydrogen-bond acceptors (Lipinski definition) is 7. The Labute approximate surface area is 274 Å². The molecule has 1 saturated heterocycles. The zero-order valence-electron chi connectivity index (χ0n) is 25.6. The molecule has 1 aliphatic heterocycles. The highest BCUT2D eigenvalue weighted by molar-refractivity contribution is 7.88. The summed E-state index contributed by atoms with van der Waals surface area (Å²) in [5, 5.41) is 2.85. The van der Waals surface area contributed by atoms with Crippen molar-refractivity contribution < 1.29 is 17.6 Å². The Morgan fingerprint density at radius 1 is 1.00 bits per heavy atom. The molecule has 1 fully saturated rings. The van der Waals surface area contributed by atoms with Gasteiger partial charge < -0.3 is 4.98 Å². The number of nitrogens with one attached hydrogen (secondary N) is 1. The Bertz CT molecular complexity index is 2290. The summed E-state index contributed by atoms with van der Waals surface area (Å²) in [7, 11) is -4.13. The number of benzene rings is 3. The summed E-state index contributed by atoms with van der Waals surface area (Å²) in [6, 6.07) is 17.1. The van der Waals surface area contributed by atoms with Gasteiger partial charge in [0.1, 0.15) is 17.5 Å². The molecule has 9 nitrogen and oxygen atoms in total. The van der Waals surface area contributed by atoms with Gasteiger partial charge in [-0.1, -0.05) is 55.3 Å². The van der Waals surface area contributed by atoms with Gasteiger partial charge in [0.2, 0.25) is 10.0 Å². The summed E-state index contributed by atoms with van der Waals surface area (Å²) in [6.07, 6.45) is 5.49. The number of H-pyrrole nitrogens is 1. The van der Waals surface area contributed by atoms with Gasteiger partial charge in [0.25, 0.3) is 0 Å². The monoisotopic (exact) mass is 669 g/mol. The minimum absolute atomic E-state index is 0.150. The normalized spacial score (nSPS) is 16.1. The van der Waals surface area contributed by atoms with Crippen LogP contribution in [0, 0.1) is 12.7 Å². The van der Waals surface area contributed by atoms with Crippen LogP contribution in [-0.2, 0) is 27.1 Å². The Balaban J connectivity index is 1.16. The number of carbonyl (C=O) groups is 1. The number of ketones is 1. The van der Waals surface area contributed by atoms with Crippen LogP contribution in [0.3, 0.4) is 0 Å². The van der Waals surface area contributed by atoms with Crippen LogP contribution in [0.4, 0.5) is 4.39 Å². The van der Waals surface area contributed by atoms with E-state index in [-0.39, 0.29) is 24.3 Å². The van der Waals surface area contributed by atoms with Gasteiger partial charge in [-0.15, -0.1) is 11.3 Å². The maximum absolute atomic E-state index is 16.0. The van der Waals surface area contributed by atoms with Crippen molar-refractivity contribution in [3.05, 3.63) is 106 Å². The Morgan fingerprint density at radius 3 is 2.64 bits per heavy atom. The second-order valence-corrected chi connectivity index (χ2v) is 14.7. The predicted octanol–water partition coefficient (Wildman–Crippen LogP) is 6.46. The van der Waals surface area contributed by atoms with E-state index in [9.17, 15) is 18.0 Å². The number of aromatic nitrogens is 4. The molecule has 1 aliphatic rings. The van der Waals surface area contributed by atoms with Gasteiger partial charge in [0, 0.05) is 52.1 Å². The van der Waals surface area contributed by atoms with E-state index in [0.29, 0.717) is 41.7 Å². The molecule has 0 saturated carbocycles. The highest BCUT2D eigenvalue weighted by atomic mass is 32.2. The van der Waals surface area contributed by atoms with Gasteiger partial charge in [-0.2, -0.15) is 4.31 Å². The number of imidazole rings is 1. The van der Waals surface area contributed by atoms with Crippen molar-refractivity contribution in [2.75, 3.05) is 6.54 Å². The van der Waals surface area contributed by atoms with E-state index in [2.05, 4.69) is 15.0 Å². The van der Waals surface area contributed by atoms with Crippen LogP contribution in [0.1, 0.15) is 37.1 Å². The van der Waals surface area contributed by atoms with Crippen LogP contribution >= 0.6 is 11.3 Å². The lowest BCUT2D eigenvalue weighted by Crippen LogP contribution is -2.47. The van der Waals surface area contributed by atoms with Crippen molar-refractivity contribution in [1.82, 2.24) is 23.8 Å². The van der Waals surface area contributed by atoms with E-state index < -0.39 is 33.4 Å². The summed E-state index contributed by atoms with van der Waals surface area (Å²) in [5.41, 5.74) is 3.26. The van der Waals surface area contributed by atoms with Crippen LogP contribution in [0.15, 0.2) is 83.2 Å². The fourth-order valence-electron chi connectivity index (χ4n) is 6.40. The number of sulfonamides is 1. The van der Waals surface area contributed by atoms with Crippen LogP contribution in [0.25, 0.3) is 43.4 Å². The fraction of sp³-hybridized carbons (Fsp3) is 0.257. The number of aryl methyl sites for hydroxylation is 1. The third-order valence-electron chi connectivity index (χ3n) is 8.83. The summed E-state index contributed by atoms with van der Waals surface area (Å²) < 4.78 is 47.4. The van der Waals surface area contributed by atoms with Crippen LogP contribution in [0.2, 0.25) is 0 Å². The highest BCUT2D eigenvalue weighted by Crippen LogP contribution is 2.36. The number of carbonyl (C=O) groups excluding carboxylic acids is 1. The lowest BCUT2D eigenvalue weighted by molar-refractivity contribution is -0.122. The first-order chi connectivity index (χ1) is 22.7. The van der Waals surface area contributed by atoms with E-state index in [0.717, 1.165) is 33.2 Å². The number of aromatic amines is 1. The molecule has 0 aliphatic carbocycles. The summed E-state index contributed by atoms with van der Waals surface area (Å²) in [6.45, 7) is 1.94. The largest absolute Gasteiger partial charge is 0.327 e. The molecule has 47 heavy (non-hydrogen) atoms. The molecule has 12 heteroatoms. The van der Waals surface area contributed by atoms with Crippen LogP contribution < -0.4 is 5.69 Å². The van der Waals surface area contributed by atoms with Crippen molar-refractivity contribution in [2.45, 2.75) is 50.9 Å². The molecular weight excluding hydrogens is 638 g/mol. The number of nitrogens with zero attached hydrogens (tertiary/aromatic N) is 4. The molecule has 0 amide bonds. The number of hydrogen-bond donors (Lipinski definition) is 1. The number of Topliss-reactive ketones (excluding diaryl/α,β-unsaturated/α-hetero) is 1. The van der Waals surface area contributed by atoms with Crippen molar-refractivity contribution in [3.8, 4) is 22.3 Å². The standard InChI is InChI=1S/C35H32FN5O4S2/c1-22-37-18-25(19-38-22)23-13-14-30-29(16-23)39-35(43)40(30)21-47(44,45)41-15-6-2-3-11-31(41)32(42)17-24-8-7-10-27(34(24)36)28-20-46-33-12-5-4-9-26(28)33/h4-5,7-10,12-14,16,18-20,31H,2-3,6,11,15,17,21H2,1H3,(H,39,43)/t31-/m0/s1. The fourth-order valence-corrected chi connectivity index (χ4v) is 9.11. The van der Waals surface area contributed by atoms with Gasteiger partial charge in [0.05, 0.1) is 17.1 Å². The molecule has 3 aromatic carbocycles. The molecular formula is C35H32FN5O4S2. The number of halogens is 1. The molecule has 6 aromatic rings. The van der Waals surface area contributed by atoms with E-state index in [1.807, 2.05) is 29.6 Å². The highest BCUT2D eigenvalue weighted by Gasteiger charge is 2.36. The predicted molar refractivity (Wildman–Crippen MR) is 182 cm³/mol. The maximum Gasteiger partial charge on any atom is 0.327 e. The van der Waals surface area contributed by atoms with E-state index >= 15 is 4.39 Å². The molecule has 4 heterocycles. The summed E-state index contributed by atoms with van der Waals surface area (Å²) in [5.74, 6) is -0.833. The topological polar surface area (TPSA) is 118 Å². The summed E-state index contributed by atoms with van der Waals surface area (Å²) >= 11 is 1.53. The van der Waals surface area contributed by atoms with Crippen molar-refractivity contribution in [3.63, 3.8) is 0 Å². The average molecular weight is 670 g/mol. The first kappa shape index (κ1) is 31.1. The third-order valence-corrected chi connectivity index (χ3v) is 11.5. The zero-order chi connectivity index (χ0) is 32.7. The zero-order valence-corrected chi connectivity index (χ0v) is 27.3. The summed E-state index contributed by atoms with van der Waals surface area (Å²) in [4.78, 5) is 38.1. The first-order valence-electron chi connectivity index (χ1n) is 15.5. The minimum atomic E-state index is -4.13. The van der Waals surface area contributed by atoms with Gasteiger partial charge >= 0.3 is 5.69 Å². The molecule has 0 unspecified atom stereocenters. The quantitative estimate of drug-likeness (QED) is 0.199. The smallest absolute Gasteiger partial charge is 0.305 e. The van der Waals surface area contributed by atoms with Gasteiger partial charge in [-0.3, -0.25) is 9.36 Å². The van der Waals surface area contributed by atoms with Gasteiger partial charge in [-0.05, 0) is 54.5 Å². The molecule has 0 radical (unpaired) electrons. The van der Waals surface area contributed by atoms with E-state index in [4.69, 9.17) is 0 Å².